The molecule has 0 fully saturated rings. The Labute approximate surface area is 176 Å². The van der Waals surface area contributed by atoms with E-state index < -0.39 is 30.5 Å². The van der Waals surface area contributed by atoms with Gasteiger partial charge in [0.25, 0.3) is 5.91 Å². The second-order valence-corrected chi connectivity index (χ2v) is 7.02. The second kappa shape index (κ2) is 8.79. The molecule has 1 amide bonds. The minimum Gasteiger partial charge on any atom is -0.435 e. The van der Waals surface area contributed by atoms with Crippen molar-refractivity contribution in [2.75, 3.05) is 13.7 Å². The van der Waals surface area contributed by atoms with Gasteiger partial charge >= 0.3 is 6.61 Å². The molecule has 31 heavy (non-hydrogen) atoms. The number of aryl methyl sites for hydroxylation is 1. The number of guanidine groups is 1. The average molecular weight is 435 g/mol. The second-order valence-electron chi connectivity index (χ2n) is 7.02. The summed E-state index contributed by atoms with van der Waals surface area (Å²) in [5, 5.41) is 0. The third-order valence-electron chi connectivity index (χ3n) is 5.04. The summed E-state index contributed by atoms with van der Waals surface area (Å²) in [6.45, 7) is -2.03. The van der Waals surface area contributed by atoms with E-state index in [1.807, 2.05) is 0 Å². The van der Waals surface area contributed by atoms with Gasteiger partial charge in [-0.2, -0.15) is 8.78 Å². The summed E-state index contributed by atoms with van der Waals surface area (Å²) in [5.41, 5.74) is 5.48. The summed E-state index contributed by atoms with van der Waals surface area (Å²) in [6.07, 6.45) is 3.02. The first-order valence-corrected chi connectivity index (χ1v) is 9.42. The Morgan fingerprint density at radius 1 is 1.23 bits per heavy atom. The highest BCUT2D eigenvalue weighted by molar-refractivity contribution is 6.09. The number of carbonyl (C=O) groups is 1. The van der Waals surface area contributed by atoms with Gasteiger partial charge in [0.1, 0.15) is 11.6 Å². The van der Waals surface area contributed by atoms with Crippen molar-refractivity contribution in [3.63, 3.8) is 0 Å². The molecule has 0 aliphatic carbocycles. The van der Waals surface area contributed by atoms with Gasteiger partial charge in [-0.15, -0.1) is 0 Å². The summed E-state index contributed by atoms with van der Waals surface area (Å²) in [5.74, 6) is -1.13. The molecule has 1 aliphatic heterocycles. The molecular formula is C22H21F4N3O2. The third-order valence-corrected chi connectivity index (χ3v) is 5.04. The van der Waals surface area contributed by atoms with Gasteiger partial charge in [0.05, 0.1) is 6.67 Å². The third kappa shape index (κ3) is 4.12. The number of amides is 1. The van der Waals surface area contributed by atoms with Crippen LogP contribution in [0.5, 0.6) is 5.75 Å². The molecular weight excluding hydrogens is 414 g/mol. The minimum absolute atomic E-state index is 0.0430. The average Bonchev–Trinajstić information content (AvgIpc) is 2.95. The van der Waals surface area contributed by atoms with E-state index in [4.69, 9.17) is 5.73 Å². The molecule has 1 heterocycles. The lowest BCUT2D eigenvalue weighted by atomic mass is 9.81. The molecule has 0 saturated heterocycles. The van der Waals surface area contributed by atoms with Crippen LogP contribution in [0.1, 0.15) is 28.7 Å². The molecule has 3 rings (SSSR count). The van der Waals surface area contributed by atoms with Crippen LogP contribution in [0, 0.1) is 12.7 Å². The number of nitrogens with zero attached hydrogens (tertiary/aromatic N) is 2. The molecule has 2 aromatic carbocycles. The van der Waals surface area contributed by atoms with Crippen LogP contribution in [0.15, 0.2) is 47.5 Å². The molecule has 2 aromatic rings. The van der Waals surface area contributed by atoms with Crippen molar-refractivity contribution in [1.29, 1.82) is 0 Å². The maximum Gasteiger partial charge on any atom is 0.387 e. The number of rotatable bonds is 7. The number of hydrogen-bond donors (Lipinski definition) is 1. The Morgan fingerprint density at radius 3 is 2.48 bits per heavy atom. The van der Waals surface area contributed by atoms with Crippen LogP contribution in [-0.2, 0) is 10.3 Å². The SMILES string of the molecule is Cc1cc(C2(c3ccc(F)c(/C=C/CCF)c3)N=C(N)N(C)C2=O)ccc1OC(F)F. The molecule has 164 valence electrons. The van der Waals surface area contributed by atoms with Crippen LogP contribution in [0.25, 0.3) is 6.08 Å². The van der Waals surface area contributed by atoms with E-state index in [-0.39, 0.29) is 23.7 Å². The fourth-order valence-corrected chi connectivity index (χ4v) is 3.46. The Hall–Kier alpha value is -3.36. The van der Waals surface area contributed by atoms with Crippen molar-refractivity contribution in [2.24, 2.45) is 10.7 Å². The topological polar surface area (TPSA) is 67.9 Å². The fraction of sp³-hybridized carbons (Fsp3) is 0.273. The van der Waals surface area contributed by atoms with Crippen LogP contribution in [0.4, 0.5) is 17.6 Å². The fourth-order valence-electron chi connectivity index (χ4n) is 3.46. The number of allylic oxidation sites excluding steroid dienone is 1. The zero-order chi connectivity index (χ0) is 22.8. The van der Waals surface area contributed by atoms with E-state index in [0.29, 0.717) is 16.7 Å². The van der Waals surface area contributed by atoms with Crippen molar-refractivity contribution in [3.8, 4) is 5.75 Å². The number of likely N-dealkylation sites (N-methyl/N-ethyl adjacent to an activating group) is 1. The molecule has 1 atom stereocenters. The summed E-state index contributed by atoms with van der Waals surface area (Å²) in [4.78, 5) is 18.9. The van der Waals surface area contributed by atoms with E-state index in [0.717, 1.165) is 0 Å². The zero-order valence-electron chi connectivity index (χ0n) is 16.9. The van der Waals surface area contributed by atoms with Crippen LogP contribution in [-0.4, -0.2) is 37.1 Å². The first kappa shape index (κ1) is 22.3. The molecule has 1 aliphatic rings. The van der Waals surface area contributed by atoms with Crippen molar-refractivity contribution in [2.45, 2.75) is 25.5 Å². The number of benzene rings is 2. The molecule has 0 aromatic heterocycles. The summed E-state index contributed by atoms with van der Waals surface area (Å²) in [7, 11) is 1.45. The predicted molar refractivity (Wildman–Crippen MR) is 109 cm³/mol. The van der Waals surface area contributed by atoms with Crippen molar-refractivity contribution in [1.82, 2.24) is 4.90 Å². The van der Waals surface area contributed by atoms with E-state index in [2.05, 4.69) is 9.73 Å². The van der Waals surface area contributed by atoms with Gasteiger partial charge < -0.3 is 10.5 Å². The van der Waals surface area contributed by atoms with E-state index in [9.17, 15) is 22.4 Å². The molecule has 0 bridgehead atoms. The Bertz CT molecular complexity index is 1060. The molecule has 9 heteroatoms. The van der Waals surface area contributed by atoms with E-state index >= 15 is 0 Å². The van der Waals surface area contributed by atoms with Gasteiger partial charge in [-0.3, -0.25) is 14.1 Å². The van der Waals surface area contributed by atoms with Gasteiger partial charge in [0, 0.05) is 12.6 Å². The van der Waals surface area contributed by atoms with Crippen LogP contribution >= 0.6 is 0 Å². The lowest BCUT2D eigenvalue weighted by Crippen LogP contribution is -2.41. The quantitative estimate of drug-likeness (QED) is 0.665. The standard InChI is InChI=1S/C22H21F4N3O2/c1-13-11-15(7-9-18(13)31-20(25)26)22(19(30)29(2)21(27)28-22)16-6-8-17(24)14(12-16)5-3-4-10-23/h3,5-9,11-12,20H,4,10H2,1-2H3,(H2,27,28)/b5-3+. The molecule has 2 N–H and O–H groups in total. The molecule has 0 radical (unpaired) electrons. The first-order valence-electron chi connectivity index (χ1n) is 9.42. The highest BCUT2D eigenvalue weighted by Gasteiger charge is 2.49. The maximum absolute atomic E-state index is 14.3. The van der Waals surface area contributed by atoms with E-state index in [1.165, 1.54) is 60.5 Å². The highest BCUT2D eigenvalue weighted by Crippen LogP contribution is 2.41. The van der Waals surface area contributed by atoms with Gasteiger partial charge in [0.15, 0.2) is 11.5 Å². The predicted octanol–water partition coefficient (Wildman–Crippen LogP) is 4.14. The Morgan fingerprint density at radius 2 is 1.90 bits per heavy atom. The van der Waals surface area contributed by atoms with Gasteiger partial charge in [0.2, 0.25) is 0 Å². The molecule has 1 unspecified atom stereocenters. The number of ether oxygens (including phenoxy) is 1. The summed E-state index contributed by atoms with van der Waals surface area (Å²) < 4.78 is 56.5. The number of carbonyl (C=O) groups excluding carboxylic acids is 1. The monoisotopic (exact) mass is 435 g/mol. The Balaban J connectivity index is 2.19. The van der Waals surface area contributed by atoms with Gasteiger partial charge in [-0.25, -0.2) is 9.38 Å². The maximum atomic E-state index is 14.3. The Kier molecular flexibility index (Phi) is 6.33. The normalized spacial score (nSPS) is 18.9. The summed E-state index contributed by atoms with van der Waals surface area (Å²) >= 11 is 0. The van der Waals surface area contributed by atoms with Crippen molar-refractivity contribution < 1.29 is 27.1 Å². The zero-order valence-corrected chi connectivity index (χ0v) is 16.9. The van der Waals surface area contributed by atoms with Crippen LogP contribution < -0.4 is 10.5 Å². The number of halogens is 4. The van der Waals surface area contributed by atoms with Crippen LogP contribution in [0.3, 0.4) is 0 Å². The number of aliphatic imine (C=N–C) groups is 1. The van der Waals surface area contributed by atoms with Gasteiger partial charge in [-0.05, 0) is 54.3 Å². The lowest BCUT2D eigenvalue weighted by molar-refractivity contribution is -0.129. The number of alkyl halides is 3. The van der Waals surface area contributed by atoms with Crippen molar-refractivity contribution in [3.05, 3.63) is 70.5 Å². The lowest BCUT2D eigenvalue weighted by Gasteiger charge is -2.27. The van der Waals surface area contributed by atoms with Crippen molar-refractivity contribution >= 4 is 17.9 Å². The summed E-state index contributed by atoms with van der Waals surface area (Å²) in [6, 6.07) is 8.31. The first-order chi connectivity index (χ1) is 14.7. The largest absolute Gasteiger partial charge is 0.435 e. The molecule has 0 saturated carbocycles. The molecule has 5 nitrogen and oxygen atoms in total. The smallest absolute Gasteiger partial charge is 0.387 e. The minimum atomic E-state index is -3.00. The van der Waals surface area contributed by atoms with Crippen LogP contribution in [0.2, 0.25) is 0 Å². The molecule has 0 spiro atoms. The highest BCUT2D eigenvalue weighted by atomic mass is 19.3. The van der Waals surface area contributed by atoms with Gasteiger partial charge in [-0.1, -0.05) is 24.3 Å². The van der Waals surface area contributed by atoms with E-state index in [1.54, 1.807) is 6.92 Å². The number of hydrogen-bond acceptors (Lipinski definition) is 4. The number of nitrogens with two attached hydrogens (primary N) is 1.